The lowest BCUT2D eigenvalue weighted by atomic mass is 10.2. The quantitative estimate of drug-likeness (QED) is 0.549. The summed E-state index contributed by atoms with van der Waals surface area (Å²) >= 11 is 0. The van der Waals surface area contributed by atoms with Crippen LogP contribution in [0.3, 0.4) is 0 Å². The second-order valence-corrected chi connectivity index (χ2v) is 4.16. The fourth-order valence-corrected chi connectivity index (χ4v) is 1.09. The Morgan fingerprint density at radius 3 is 2.06 bits per heavy atom. The largest absolute Gasteiger partial charge is 0.481 e. The minimum atomic E-state index is -1.42. The molecule has 0 aliphatic carbocycles. The Morgan fingerprint density at radius 2 is 1.67 bits per heavy atom. The number of likely N-dealkylation sites (N-methyl/N-ethyl adjacent to an activating group) is 2. The molecule has 0 saturated carbocycles. The molecule has 18 heavy (non-hydrogen) atoms. The number of urea groups is 1. The fraction of sp³-hybridized carbons (Fsp3) is 0.700. The van der Waals surface area contributed by atoms with Crippen molar-refractivity contribution < 1.29 is 24.6 Å². The van der Waals surface area contributed by atoms with Crippen LogP contribution in [0, 0.1) is 0 Å². The third-order valence-electron chi connectivity index (χ3n) is 2.20. The monoisotopic (exact) mass is 261 g/mol. The van der Waals surface area contributed by atoms with Crippen LogP contribution >= 0.6 is 0 Å². The highest BCUT2D eigenvalue weighted by Crippen LogP contribution is 1.95. The molecule has 0 aliphatic rings. The Hall–Kier alpha value is -1.83. The van der Waals surface area contributed by atoms with Crippen LogP contribution in [0.5, 0.6) is 0 Å². The topological polar surface area (TPSA) is 110 Å². The Morgan fingerprint density at radius 1 is 1.11 bits per heavy atom. The molecule has 0 radical (unpaired) electrons. The van der Waals surface area contributed by atoms with E-state index in [1.165, 1.54) is 11.9 Å². The number of amides is 2. The first-order chi connectivity index (χ1) is 8.23. The van der Waals surface area contributed by atoms with Crippen molar-refractivity contribution in [3.05, 3.63) is 0 Å². The summed E-state index contributed by atoms with van der Waals surface area (Å²) in [6, 6.07) is -2.03. The van der Waals surface area contributed by atoms with Crippen LogP contribution < -0.4 is 5.32 Å². The first-order valence-electron chi connectivity index (χ1n) is 5.35. The normalized spacial score (nSPS) is 12.0. The fourth-order valence-electron chi connectivity index (χ4n) is 1.09. The van der Waals surface area contributed by atoms with Gasteiger partial charge in [-0.1, -0.05) is 0 Å². The molecule has 0 aromatic carbocycles. The number of aliphatic carboxylic acids is 2. The second-order valence-electron chi connectivity index (χ2n) is 4.16. The van der Waals surface area contributed by atoms with Crippen molar-refractivity contribution in [2.75, 3.05) is 34.2 Å². The Labute approximate surface area is 105 Å². The van der Waals surface area contributed by atoms with Crippen molar-refractivity contribution in [2.24, 2.45) is 0 Å². The maximum Gasteiger partial charge on any atom is 0.326 e. The molecular weight excluding hydrogens is 242 g/mol. The minimum Gasteiger partial charge on any atom is -0.481 e. The highest BCUT2D eigenvalue weighted by molar-refractivity contribution is 5.86. The van der Waals surface area contributed by atoms with Gasteiger partial charge in [0.2, 0.25) is 0 Å². The van der Waals surface area contributed by atoms with E-state index in [4.69, 9.17) is 10.2 Å². The van der Waals surface area contributed by atoms with Crippen molar-refractivity contribution in [2.45, 2.75) is 12.5 Å². The summed E-state index contributed by atoms with van der Waals surface area (Å²) in [5.74, 6) is -2.65. The molecule has 1 unspecified atom stereocenters. The van der Waals surface area contributed by atoms with E-state index in [0.717, 1.165) is 0 Å². The van der Waals surface area contributed by atoms with Crippen LogP contribution in [0.1, 0.15) is 6.42 Å². The SMILES string of the molecule is CN(C)CCN(C)C(=O)NC(CC(=O)O)C(=O)O. The van der Waals surface area contributed by atoms with E-state index in [9.17, 15) is 14.4 Å². The zero-order valence-corrected chi connectivity index (χ0v) is 10.7. The molecular formula is C10H19N3O5. The summed E-state index contributed by atoms with van der Waals surface area (Å²) in [5, 5.41) is 19.5. The van der Waals surface area contributed by atoms with E-state index >= 15 is 0 Å². The lowest BCUT2D eigenvalue weighted by molar-refractivity contribution is -0.145. The van der Waals surface area contributed by atoms with Crippen LogP contribution in [0.2, 0.25) is 0 Å². The van der Waals surface area contributed by atoms with Crippen LogP contribution in [0.15, 0.2) is 0 Å². The molecule has 104 valence electrons. The van der Waals surface area contributed by atoms with Gasteiger partial charge in [0.1, 0.15) is 6.04 Å². The average molecular weight is 261 g/mol. The first kappa shape index (κ1) is 16.2. The standard InChI is InChI=1S/C10H19N3O5/c1-12(2)4-5-13(3)10(18)11-7(9(16)17)6-8(14)15/h7H,4-6H2,1-3H3,(H,11,18)(H,14,15)(H,16,17). The van der Waals surface area contributed by atoms with Gasteiger partial charge in [-0.15, -0.1) is 0 Å². The summed E-state index contributed by atoms with van der Waals surface area (Å²) in [4.78, 5) is 36.0. The van der Waals surface area contributed by atoms with E-state index in [-0.39, 0.29) is 0 Å². The number of rotatable bonds is 7. The van der Waals surface area contributed by atoms with E-state index in [0.29, 0.717) is 13.1 Å². The van der Waals surface area contributed by atoms with E-state index in [2.05, 4.69) is 5.32 Å². The minimum absolute atomic E-state index is 0.415. The van der Waals surface area contributed by atoms with Gasteiger partial charge in [-0.2, -0.15) is 0 Å². The van der Waals surface area contributed by atoms with Gasteiger partial charge in [-0.3, -0.25) is 4.79 Å². The Bertz CT molecular complexity index is 319. The number of carboxylic acid groups (broad SMARTS) is 2. The lowest BCUT2D eigenvalue weighted by Crippen LogP contribution is -2.48. The molecule has 2 amide bonds. The Balaban J connectivity index is 4.32. The molecule has 1 atom stereocenters. The number of nitrogens with zero attached hydrogens (tertiary/aromatic N) is 2. The van der Waals surface area contributed by atoms with Gasteiger partial charge >= 0.3 is 18.0 Å². The molecule has 0 fully saturated rings. The maximum absolute atomic E-state index is 11.6. The summed E-state index contributed by atoms with van der Waals surface area (Å²) < 4.78 is 0. The molecule has 0 bridgehead atoms. The second kappa shape index (κ2) is 7.49. The van der Waals surface area contributed by atoms with Gasteiger partial charge in [-0.25, -0.2) is 9.59 Å². The van der Waals surface area contributed by atoms with Crippen LogP contribution in [-0.4, -0.2) is 78.3 Å². The van der Waals surface area contributed by atoms with Crippen molar-refractivity contribution in [1.82, 2.24) is 15.1 Å². The van der Waals surface area contributed by atoms with Crippen LogP contribution in [-0.2, 0) is 9.59 Å². The van der Waals surface area contributed by atoms with Gasteiger partial charge < -0.3 is 25.3 Å². The molecule has 0 rings (SSSR count). The third kappa shape index (κ3) is 6.69. The summed E-state index contributed by atoms with van der Waals surface area (Å²) in [5.41, 5.74) is 0. The Kier molecular flexibility index (Phi) is 6.73. The molecule has 0 saturated heterocycles. The van der Waals surface area contributed by atoms with Crippen molar-refractivity contribution in [3.63, 3.8) is 0 Å². The van der Waals surface area contributed by atoms with Crippen LogP contribution in [0.25, 0.3) is 0 Å². The van der Waals surface area contributed by atoms with Crippen LogP contribution in [0.4, 0.5) is 4.79 Å². The first-order valence-corrected chi connectivity index (χ1v) is 5.35. The molecule has 0 spiro atoms. The number of nitrogens with one attached hydrogen (secondary N) is 1. The molecule has 8 heteroatoms. The van der Waals surface area contributed by atoms with Gasteiger partial charge in [0.15, 0.2) is 0 Å². The summed E-state index contributed by atoms with van der Waals surface area (Å²) in [6.45, 7) is 1.04. The number of hydrogen-bond donors (Lipinski definition) is 3. The van der Waals surface area contributed by atoms with E-state index in [1.807, 2.05) is 19.0 Å². The molecule has 8 nitrogen and oxygen atoms in total. The maximum atomic E-state index is 11.6. The van der Waals surface area contributed by atoms with Gasteiger partial charge in [0.05, 0.1) is 6.42 Å². The van der Waals surface area contributed by atoms with E-state index < -0.39 is 30.4 Å². The predicted octanol–water partition coefficient (Wildman–Crippen LogP) is -0.883. The van der Waals surface area contributed by atoms with Gasteiger partial charge in [-0.05, 0) is 14.1 Å². The average Bonchev–Trinajstić information content (AvgIpc) is 2.23. The summed E-state index contributed by atoms with van der Waals surface area (Å²) in [7, 11) is 5.20. The number of hydrogen-bond acceptors (Lipinski definition) is 4. The molecule has 0 aromatic heterocycles. The van der Waals surface area contributed by atoms with E-state index in [1.54, 1.807) is 0 Å². The van der Waals surface area contributed by atoms with Crippen molar-refractivity contribution >= 4 is 18.0 Å². The number of carbonyl (C=O) groups excluding carboxylic acids is 1. The van der Waals surface area contributed by atoms with Gasteiger partial charge in [0.25, 0.3) is 0 Å². The van der Waals surface area contributed by atoms with Crippen molar-refractivity contribution in [1.29, 1.82) is 0 Å². The highest BCUT2D eigenvalue weighted by Gasteiger charge is 2.24. The van der Waals surface area contributed by atoms with Gasteiger partial charge in [0, 0.05) is 20.1 Å². The molecule has 0 heterocycles. The smallest absolute Gasteiger partial charge is 0.326 e. The molecule has 3 N–H and O–H groups in total. The van der Waals surface area contributed by atoms with Crippen molar-refractivity contribution in [3.8, 4) is 0 Å². The molecule has 0 aromatic rings. The molecule has 0 aliphatic heterocycles. The number of carboxylic acids is 2. The number of carbonyl (C=O) groups is 3. The summed E-state index contributed by atoms with van der Waals surface area (Å²) in [6.07, 6.45) is -0.650. The highest BCUT2D eigenvalue weighted by atomic mass is 16.4. The zero-order valence-electron chi connectivity index (χ0n) is 10.7. The predicted molar refractivity (Wildman–Crippen MR) is 63.4 cm³/mol. The lowest BCUT2D eigenvalue weighted by Gasteiger charge is -2.22. The third-order valence-corrected chi connectivity index (χ3v) is 2.20. The zero-order chi connectivity index (χ0) is 14.3.